The van der Waals surface area contributed by atoms with Gasteiger partial charge in [0.2, 0.25) is 0 Å². The molecule has 0 saturated carbocycles. The minimum Gasteiger partial charge on any atom is -0.275 e. The van der Waals surface area contributed by atoms with Gasteiger partial charge >= 0.3 is 0 Å². The lowest BCUT2D eigenvalue weighted by Gasteiger charge is -2.16. The lowest BCUT2D eigenvalue weighted by molar-refractivity contribution is 0.603. The van der Waals surface area contributed by atoms with Crippen molar-refractivity contribution in [3.63, 3.8) is 0 Å². The van der Waals surface area contributed by atoms with Gasteiger partial charge in [-0.2, -0.15) is 5.10 Å². The third-order valence-corrected chi connectivity index (χ3v) is 2.93. The zero-order valence-corrected chi connectivity index (χ0v) is 10.5. The van der Waals surface area contributed by atoms with Crippen molar-refractivity contribution in [2.45, 2.75) is 19.4 Å². The Morgan fingerprint density at radius 3 is 2.89 bits per heavy atom. The van der Waals surface area contributed by atoms with Crippen LogP contribution in [-0.2, 0) is 13.5 Å². The maximum Gasteiger partial charge on any atom is 0.123 e. The summed E-state index contributed by atoms with van der Waals surface area (Å²) in [6, 6.07) is 6.18. The summed E-state index contributed by atoms with van der Waals surface area (Å²) in [7, 11) is 1.86. The fourth-order valence-electron chi connectivity index (χ4n) is 2.12. The average molecular weight is 248 g/mol. The van der Waals surface area contributed by atoms with E-state index in [0.29, 0.717) is 0 Å². The zero-order valence-electron chi connectivity index (χ0n) is 10.5. The van der Waals surface area contributed by atoms with Crippen LogP contribution in [-0.4, -0.2) is 9.78 Å². The number of halogens is 1. The van der Waals surface area contributed by atoms with E-state index in [9.17, 15) is 4.39 Å². The van der Waals surface area contributed by atoms with Crippen molar-refractivity contribution in [3.05, 3.63) is 53.1 Å². The molecule has 5 heteroatoms. The summed E-state index contributed by atoms with van der Waals surface area (Å²) in [4.78, 5) is 0. The molecule has 2 rings (SSSR count). The molecule has 96 valence electrons. The Hall–Kier alpha value is -1.72. The summed E-state index contributed by atoms with van der Waals surface area (Å²) in [5.74, 6) is 5.34. The number of nitrogens with one attached hydrogen (secondary N) is 1. The molecule has 3 N–H and O–H groups in total. The molecule has 0 bridgehead atoms. The minimum atomic E-state index is -0.269. The van der Waals surface area contributed by atoms with Gasteiger partial charge < -0.3 is 0 Å². The Labute approximate surface area is 106 Å². The number of nitrogens with two attached hydrogens (primary N) is 1. The fourth-order valence-corrected chi connectivity index (χ4v) is 2.12. The predicted molar refractivity (Wildman–Crippen MR) is 68.2 cm³/mol. The summed E-state index contributed by atoms with van der Waals surface area (Å²) in [6.07, 6.45) is 2.72. The predicted octanol–water partition coefficient (Wildman–Crippen LogP) is 1.67. The Kier molecular flexibility index (Phi) is 3.74. The minimum absolute atomic E-state index is 0.246. The summed E-state index contributed by atoms with van der Waals surface area (Å²) in [6.45, 7) is 2.03. The van der Waals surface area contributed by atoms with E-state index in [1.165, 1.54) is 12.1 Å². The first kappa shape index (κ1) is 12.7. The smallest absolute Gasteiger partial charge is 0.123 e. The van der Waals surface area contributed by atoms with Gasteiger partial charge in [0, 0.05) is 18.8 Å². The molecule has 1 unspecified atom stereocenters. The summed E-state index contributed by atoms with van der Waals surface area (Å²) in [5.41, 5.74) is 5.46. The van der Waals surface area contributed by atoms with Gasteiger partial charge in [0.25, 0.3) is 0 Å². The van der Waals surface area contributed by atoms with Gasteiger partial charge in [-0.1, -0.05) is 19.1 Å². The number of rotatable bonds is 4. The van der Waals surface area contributed by atoms with Gasteiger partial charge in [0.15, 0.2) is 0 Å². The second-order valence-electron chi connectivity index (χ2n) is 4.21. The van der Waals surface area contributed by atoms with E-state index in [2.05, 4.69) is 10.5 Å². The Bertz CT molecular complexity index is 536. The largest absolute Gasteiger partial charge is 0.275 e. The SMILES string of the molecule is CCc1nn(C)cc1C(NN)c1cccc(F)c1. The molecule has 2 aromatic rings. The molecule has 1 heterocycles. The van der Waals surface area contributed by atoms with Crippen LogP contribution in [0.4, 0.5) is 4.39 Å². The third kappa shape index (κ3) is 2.42. The number of aromatic nitrogens is 2. The van der Waals surface area contributed by atoms with Gasteiger partial charge in [-0.3, -0.25) is 10.5 Å². The quantitative estimate of drug-likeness (QED) is 0.639. The van der Waals surface area contributed by atoms with Crippen LogP contribution in [0, 0.1) is 5.82 Å². The first-order valence-corrected chi connectivity index (χ1v) is 5.89. The highest BCUT2D eigenvalue weighted by atomic mass is 19.1. The Balaban J connectivity index is 2.44. The lowest BCUT2D eigenvalue weighted by Crippen LogP contribution is -2.29. The number of aryl methyl sites for hydroxylation is 2. The molecule has 1 aromatic carbocycles. The molecule has 0 aliphatic rings. The molecule has 18 heavy (non-hydrogen) atoms. The standard InChI is InChI=1S/C13H17FN4/c1-3-12-11(8-18(2)17-12)13(16-15)9-5-4-6-10(14)7-9/h4-8,13,16H,3,15H2,1-2H3. The highest BCUT2D eigenvalue weighted by Crippen LogP contribution is 2.24. The van der Waals surface area contributed by atoms with Crippen molar-refractivity contribution in [3.8, 4) is 0 Å². The van der Waals surface area contributed by atoms with E-state index >= 15 is 0 Å². The van der Waals surface area contributed by atoms with Gasteiger partial charge in [-0.15, -0.1) is 0 Å². The third-order valence-electron chi connectivity index (χ3n) is 2.93. The molecular formula is C13H17FN4. The lowest BCUT2D eigenvalue weighted by atomic mass is 9.99. The molecule has 0 aliphatic carbocycles. The number of benzene rings is 1. The molecular weight excluding hydrogens is 231 g/mol. The Morgan fingerprint density at radius 2 is 2.28 bits per heavy atom. The highest BCUT2D eigenvalue weighted by Gasteiger charge is 2.18. The van der Waals surface area contributed by atoms with E-state index in [1.54, 1.807) is 10.7 Å². The van der Waals surface area contributed by atoms with E-state index in [0.717, 1.165) is 23.2 Å². The van der Waals surface area contributed by atoms with Crippen LogP contribution in [0.25, 0.3) is 0 Å². The highest BCUT2D eigenvalue weighted by molar-refractivity contribution is 5.33. The van der Waals surface area contributed by atoms with E-state index in [4.69, 9.17) is 5.84 Å². The van der Waals surface area contributed by atoms with Gasteiger partial charge in [0.05, 0.1) is 11.7 Å². The second-order valence-corrected chi connectivity index (χ2v) is 4.21. The van der Waals surface area contributed by atoms with Crippen LogP contribution in [0.1, 0.15) is 29.8 Å². The van der Waals surface area contributed by atoms with Gasteiger partial charge in [0.1, 0.15) is 5.82 Å². The molecule has 1 aromatic heterocycles. The first-order chi connectivity index (χ1) is 8.65. The number of hydrogen-bond donors (Lipinski definition) is 2. The van der Waals surface area contributed by atoms with E-state index < -0.39 is 0 Å². The van der Waals surface area contributed by atoms with Crippen LogP contribution in [0.15, 0.2) is 30.5 Å². The fraction of sp³-hybridized carbons (Fsp3) is 0.308. The van der Waals surface area contributed by atoms with Crippen molar-refractivity contribution in [2.24, 2.45) is 12.9 Å². The van der Waals surface area contributed by atoms with E-state index in [1.807, 2.05) is 26.2 Å². The maximum atomic E-state index is 13.3. The van der Waals surface area contributed by atoms with Crippen LogP contribution < -0.4 is 11.3 Å². The number of hydrazine groups is 1. The molecule has 0 fully saturated rings. The summed E-state index contributed by atoms with van der Waals surface area (Å²) >= 11 is 0. The van der Waals surface area contributed by atoms with Crippen LogP contribution >= 0.6 is 0 Å². The van der Waals surface area contributed by atoms with E-state index in [-0.39, 0.29) is 11.9 Å². The van der Waals surface area contributed by atoms with Crippen LogP contribution in [0.5, 0.6) is 0 Å². The van der Waals surface area contributed by atoms with Crippen molar-refractivity contribution in [2.75, 3.05) is 0 Å². The monoisotopic (exact) mass is 248 g/mol. The average Bonchev–Trinajstić information content (AvgIpc) is 2.71. The molecule has 0 amide bonds. The number of nitrogens with zero attached hydrogens (tertiary/aromatic N) is 2. The zero-order chi connectivity index (χ0) is 13.1. The molecule has 0 radical (unpaired) electrons. The second kappa shape index (κ2) is 5.29. The number of hydrogen-bond acceptors (Lipinski definition) is 3. The normalized spacial score (nSPS) is 12.7. The summed E-state index contributed by atoms with van der Waals surface area (Å²) in [5, 5.41) is 4.37. The van der Waals surface area contributed by atoms with Crippen molar-refractivity contribution in [1.82, 2.24) is 15.2 Å². The first-order valence-electron chi connectivity index (χ1n) is 5.89. The topological polar surface area (TPSA) is 55.9 Å². The molecule has 0 aliphatic heterocycles. The maximum absolute atomic E-state index is 13.3. The van der Waals surface area contributed by atoms with Crippen molar-refractivity contribution >= 4 is 0 Å². The van der Waals surface area contributed by atoms with Gasteiger partial charge in [-0.05, 0) is 24.1 Å². The molecule has 0 saturated heterocycles. The molecule has 0 spiro atoms. The van der Waals surface area contributed by atoms with Crippen LogP contribution in [0.3, 0.4) is 0 Å². The van der Waals surface area contributed by atoms with Crippen molar-refractivity contribution in [1.29, 1.82) is 0 Å². The Morgan fingerprint density at radius 1 is 1.50 bits per heavy atom. The molecule has 4 nitrogen and oxygen atoms in total. The summed E-state index contributed by atoms with van der Waals surface area (Å²) < 4.78 is 15.0. The van der Waals surface area contributed by atoms with Gasteiger partial charge in [-0.25, -0.2) is 9.82 Å². The van der Waals surface area contributed by atoms with Crippen molar-refractivity contribution < 1.29 is 4.39 Å². The van der Waals surface area contributed by atoms with Crippen LogP contribution in [0.2, 0.25) is 0 Å². The molecule has 1 atom stereocenters.